The van der Waals surface area contributed by atoms with Crippen molar-refractivity contribution >= 4 is 276 Å². The Morgan fingerprint density at radius 1 is 0.217 bits per heavy atom. The molecule has 0 radical (unpaired) electrons. The number of nitrogens with zero attached hydrogens (tertiary/aromatic N) is 12. The molecule has 0 N–H and O–H groups in total. The van der Waals surface area contributed by atoms with Gasteiger partial charge >= 0.3 is 0 Å². The zero-order valence-electron chi connectivity index (χ0n) is 62.0. The number of furan rings is 6. The predicted molar refractivity (Wildman–Crippen MR) is 487 cm³/mol. The molecule has 14 aromatic carbocycles. The SMILES string of the molecule is Brc1cnc2c(n1)oc1cc3ccccc3cc12.Brc1cnc2c(n1)oc1ccc3ccccc3c12.Clc1cccc(-c2cnc3c(n2)oc2cc4ccccc4cc23)c1.Clc1cccc(-c2cnc3c(n2)oc2ccc4ccccc4c23)c1.Clc1cnc2c(n1)oc1cc3ccccc3cc12.Clc1cnc2c(n1)oc1ccc3ccccc3c12. The summed E-state index contributed by atoms with van der Waals surface area (Å²) in [5.74, 6) is 0. The molecule has 12 aromatic heterocycles. The topological polar surface area (TPSA) is 234 Å². The van der Waals surface area contributed by atoms with Gasteiger partial charge < -0.3 is 26.5 Å². The second-order valence-electron chi connectivity index (χ2n) is 27.9. The Bertz CT molecular complexity index is 8290. The van der Waals surface area contributed by atoms with Gasteiger partial charge in [0.2, 0.25) is 34.3 Å². The van der Waals surface area contributed by atoms with Crippen molar-refractivity contribution in [3.8, 4) is 22.5 Å². The quantitative estimate of drug-likeness (QED) is 0.156. The van der Waals surface area contributed by atoms with E-state index in [1.807, 2.05) is 164 Å². The lowest BCUT2D eigenvalue weighted by atomic mass is 10.1. The summed E-state index contributed by atoms with van der Waals surface area (Å²) in [6, 6.07) is 88.6. The van der Waals surface area contributed by atoms with Crippen LogP contribution in [0.5, 0.6) is 0 Å². The van der Waals surface area contributed by atoms with Crippen LogP contribution >= 0.6 is 78.3 Å². The van der Waals surface area contributed by atoms with E-state index in [0.717, 1.165) is 175 Å². The van der Waals surface area contributed by atoms with Gasteiger partial charge in [0.25, 0.3) is 0 Å². The van der Waals surface area contributed by atoms with Gasteiger partial charge in [-0.3, -0.25) is 0 Å². The molecule has 0 saturated carbocycles. The number of benzene rings is 14. The van der Waals surface area contributed by atoms with Crippen LogP contribution in [0.2, 0.25) is 20.4 Å². The van der Waals surface area contributed by atoms with E-state index in [4.69, 9.17) is 72.9 Å². The summed E-state index contributed by atoms with van der Waals surface area (Å²) >= 11 is 30.4. The standard InChI is InChI=1S/2C20H11ClN2O.2C14H7BrN2O.2C14H7ClN2O/c21-14-6-3-5-13(10-14)16-11-22-19-18-15-7-2-1-4-12(15)8-9-17(18)24-20(19)23-16;21-15-7-3-6-14(8-15)17-11-22-19-16-9-12-4-1-2-5-13(12)10-18(16)24-20(19)23-17;15-12-7-16-13-10-5-8-3-1-2-4-9(8)6-11(10)18-14(13)17-12;15-11-7-16-13-12-9-4-2-1-3-8(9)5-6-10(12)18-14(13)17-11;15-12-7-16-13-10-5-8-3-1-2-4-9(8)6-11(10)18-14(13)17-12;15-11-7-16-13-12-9-4-2-1-3-8(9)5-6-10(12)18-14(13)17-11/h2*1-11H;4*1-7H. The van der Waals surface area contributed by atoms with Crippen LogP contribution in [0.15, 0.2) is 340 Å². The average Bonchev–Trinajstić information content (AvgIpc) is 1.65. The minimum Gasteiger partial charge on any atom is -0.436 e. The fourth-order valence-electron chi connectivity index (χ4n) is 15.1. The van der Waals surface area contributed by atoms with Crippen molar-refractivity contribution in [2.75, 3.05) is 0 Å². The van der Waals surface area contributed by atoms with E-state index < -0.39 is 0 Å². The molecule has 26 aromatic rings. The van der Waals surface area contributed by atoms with Gasteiger partial charge in [0.05, 0.1) is 64.7 Å². The molecular formula is C96H50Br2Cl4N12O6. The molecule has 0 aliphatic heterocycles. The lowest BCUT2D eigenvalue weighted by Crippen LogP contribution is -1.86. The number of fused-ring (bicyclic) bond motifs is 27. The highest BCUT2D eigenvalue weighted by atomic mass is 79.9. The summed E-state index contributed by atoms with van der Waals surface area (Å²) < 4.78 is 36.1. The summed E-state index contributed by atoms with van der Waals surface area (Å²) in [5.41, 5.74) is 16.0. The first-order valence-corrected chi connectivity index (χ1v) is 40.5. The molecule has 0 bridgehead atoms. The van der Waals surface area contributed by atoms with Crippen LogP contribution in [0.3, 0.4) is 0 Å². The van der Waals surface area contributed by atoms with Gasteiger partial charge in [0.1, 0.15) is 75.8 Å². The van der Waals surface area contributed by atoms with Gasteiger partial charge in [-0.05, 0) is 175 Å². The highest BCUT2D eigenvalue weighted by Crippen LogP contribution is 2.40. The van der Waals surface area contributed by atoms with Crippen LogP contribution in [0, 0.1) is 0 Å². The highest BCUT2D eigenvalue weighted by Gasteiger charge is 2.20. The smallest absolute Gasteiger partial charge is 0.247 e. The fraction of sp³-hybridized carbons (Fsp3) is 0. The van der Waals surface area contributed by atoms with Crippen molar-refractivity contribution in [3.63, 3.8) is 0 Å². The average molecular weight is 1770 g/mol. The highest BCUT2D eigenvalue weighted by molar-refractivity contribution is 9.10. The number of aromatic nitrogens is 12. The molecule has 572 valence electrons. The predicted octanol–water partition coefficient (Wildman–Crippen LogP) is 28.6. The van der Waals surface area contributed by atoms with Gasteiger partial charge in [0, 0.05) is 37.3 Å². The third kappa shape index (κ3) is 14.0. The Balaban J connectivity index is 0.0000000895. The number of hydrogen-bond acceptors (Lipinski definition) is 18. The second kappa shape index (κ2) is 30.8. The Morgan fingerprint density at radius 2 is 0.500 bits per heavy atom. The lowest BCUT2D eigenvalue weighted by molar-refractivity contribution is 0.651. The summed E-state index contributed by atoms with van der Waals surface area (Å²) in [6.07, 6.45) is 9.99. The van der Waals surface area contributed by atoms with Crippen LogP contribution in [-0.4, -0.2) is 59.8 Å². The van der Waals surface area contributed by atoms with Crippen molar-refractivity contribution in [3.05, 3.63) is 334 Å². The minimum atomic E-state index is 0.339. The van der Waals surface area contributed by atoms with E-state index in [1.165, 1.54) is 17.0 Å². The van der Waals surface area contributed by atoms with Crippen LogP contribution in [-0.2, 0) is 0 Å². The van der Waals surface area contributed by atoms with Crippen LogP contribution in [0.4, 0.5) is 0 Å². The lowest BCUT2D eigenvalue weighted by Gasteiger charge is -2.00. The Hall–Kier alpha value is -14.0. The monoisotopic (exact) mass is 1760 g/mol. The number of hydrogen-bond donors (Lipinski definition) is 0. The van der Waals surface area contributed by atoms with Crippen molar-refractivity contribution in [2.24, 2.45) is 0 Å². The summed E-state index contributed by atoms with van der Waals surface area (Å²) in [5, 5.41) is 21.8. The molecule has 0 saturated heterocycles. The Kier molecular flexibility index (Phi) is 18.9. The van der Waals surface area contributed by atoms with Crippen LogP contribution < -0.4 is 0 Å². The fourth-order valence-corrected chi connectivity index (χ4v) is 16.2. The van der Waals surface area contributed by atoms with E-state index in [-0.39, 0.29) is 0 Å². The molecule has 18 nitrogen and oxygen atoms in total. The van der Waals surface area contributed by atoms with Crippen molar-refractivity contribution in [1.29, 1.82) is 0 Å². The summed E-state index contributed by atoms with van der Waals surface area (Å²) in [6.45, 7) is 0. The zero-order chi connectivity index (χ0) is 80.6. The van der Waals surface area contributed by atoms with E-state index in [0.29, 0.717) is 63.8 Å². The first-order valence-electron chi connectivity index (χ1n) is 37.4. The largest absolute Gasteiger partial charge is 0.436 e. The van der Waals surface area contributed by atoms with E-state index >= 15 is 0 Å². The van der Waals surface area contributed by atoms with Gasteiger partial charge in [-0.25, -0.2) is 49.8 Å². The first kappa shape index (κ1) is 73.6. The van der Waals surface area contributed by atoms with Gasteiger partial charge in [-0.2, -0.15) is 9.97 Å². The normalized spacial score (nSPS) is 11.6. The molecule has 0 aliphatic rings. The van der Waals surface area contributed by atoms with Crippen molar-refractivity contribution in [2.45, 2.75) is 0 Å². The van der Waals surface area contributed by atoms with Crippen molar-refractivity contribution < 1.29 is 26.5 Å². The number of rotatable bonds is 2. The van der Waals surface area contributed by atoms with Gasteiger partial charge in [-0.15, -0.1) is 0 Å². The zero-order valence-corrected chi connectivity index (χ0v) is 68.1. The van der Waals surface area contributed by atoms with Gasteiger partial charge in [0.15, 0.2) is 10.3 Å². The molecule has 0 amide bonds. The molecule has 0 aliphatic carbocycles. The maximum atomic E-state index is 6.07. The third-order valence-electron chi connectivity index (χ3n) is 20.5. The molecule has 0 atom stereocenters. The van der Waals surface area contributed by atoms with Crippen LogP contribution in [0.25, 0.3) is 220 Å². The molecule has 12 heterocycles. The third-order valence-corrected chi connectivity index (χ3v) is 22.1. The summed E-state index contributed by atoms with van der Waals surface area (Å²) in [7, 11) is 0. The second-order valence-corrected chi connectivity index (χ2v) is 31.2. The molecular weight excluding hydrogens is 1720 g/mol. The molecule has 26 rings (SSSR count). The van der Waals surface area contributed by atoms with E-state index in [2.05, 4.69) is 195 Å². The molecule has 0 spiro atoms. The Labute approximate surface area is 712 Å². The molecule has 120 heavy (non-hydrogen) atoms. The molecule has 0 unspecified atom stereocenters. The maximum Gasteiger partial charge on any atom is 0.247 e. The molecule has 24 heteroatoms. The van der Waals surface area contributed by atoms with Gasteiger partial charge in [-0.1, -0.05) is 234 Å². The maximum absolute atomic E-state index is 6.07. The van der Waals surface area contributed by atoms with Crippen molar-refractivity contribution in [1.82, 2.24) is 59.8 Å². The van der Waals surface area contributed by atoms with Crippen LogP contribution in [0.1, 0.15) is 0 Å². The molecule has 0 fully saturated rings. The number of halogens is 6. The minimum absolute atomic E-state index is 0.339. The Morgan fingerprint density at radius 3 is 0.892 bits per heavy atom. The summed E-state index contributed by atoms with van der Waals surface area (Å²) in [4.78, 5) is 52.8. The van der Waals surface area contributed by atoms with E-state index in [1.54, 1.807) is 31.0 Å². The van der Waals surface area contributed by atoms with E-state index in [9.17, 15) is 0 Å². The first-order chi connectivity index (χ1) is 58.8.